The molecule has 0 saturated carbocycles. The molecule has 27 heavy (non-hydrogen) atoms. The third-order valence-corrected chi connectivity index (χ3v) is 4.40. The fourth-order valence-electron chi connectivity index (χ4n) is 2.49. The molecule has 0 radical (unpaired) electrons. The van der Waals surface area contributed by atoms with Gasteiger partial charge < -0.3 is 9.73 Å². The van der Waals surface area contributed by atoms with Gasteiger partial charge >= 0.3 is 0 Å². The van der Waals surface area contributed by atoms with Crippen LogP contribution < -0.4 is 5.32 Å². The standard InChI is InChI=1S/C21H14Cl2N2O2/c1-13-4-2-7-18(23)20(13)25-21(26)15(12-24)11-17-8-9-19(27-17)14-5-3-6-16(22)10-14/h2-11H,1H3,(H,25,26)/b15-11+. The fourth-order valence-corrected chi connectivity index (χ4v) is 2.95. The zero-order valence-electron chi connectivity index (χ0n) is 14.3. The summed E-state index contributed by atoms with van der Waals surface area (Å²) in [5.41, 5.74) is 1.98. The number of nitrogens with one attached hydrogen (secondary N) is 1. The SMILES string of the molecule is Cc1cccc(Cl)c1NC(=O)/C(C#N)=C/c1ccc(-c2cccc(Cl)c2)o1. The Balaban J connectivity index is 1.84. The number of nitriles is 1. The van der Waals surface area contributed by atoms with Gasteiger partial charge in [0.25, 0.3) is 5.91 Å². The minimum atomic E-state index is -0.561. The van der Waals surface area contributed by atoms with Crippen LogP contribution in [0.4, 0.5) is 5.69 Å². The molecule has 0 aliphatic heterocycles. The molecule has 4 nitrogen and oxygen atoms in total. The van der Waals surface area contributed by atoms with Crippen LogP contribution in [0.2, 0.25) is 10.0 Å². The molecule has 1 amide bonds. The molecule has 0 saturated heterocycles. The van der Waals surface area contributed by atoms with Crippen LogP contribution in [-0.2, 0) is 4.79 Å². The van der Waals surface area contributed by atoms with Gasteiger partial charge in [0, 0.05) is 16.7 Å². The van der Waals surface area contributed by atoms with Gasteiger partial charge in [-0.2, -0.15) is 5.26 Å². The second-order valence-corrected chi connectivity index (χ2v) is 6.61. The van der Waals surface area contributed by atoms with Gasteiger partial charge in [-0.15, -0.1) is 0 Å². The number of rotatable bonds is 4. The van der Waals surface area contributed by atoms with Crippen molar-refractivity contribution in [2.75, 3.05) is 5.32 Å². The second kappa shape index (κ2) is 8.13. The fraction of sp³-hybridized carbons (Fsp3) is 0.0476. The third-order valence-electron chi connectivity index (χ3n) is 3.85. The molecule has 0 aliphatic rings. The van der Waals surface area contributed by atoms with E-state index in [0.717, 1.165) is 11.1 Å². The van der Waals surface area contributed by atoms with Crippen molar-refractivity contribution in [2.24, 2.45) is 0 Å². The van der Waals surface area contributed by atoms with E-state index in [9.17, 15) is 10.1 Å². The van der Waals surface area contributed by atoms with Crippen LogP contribution in [0.1, 0.15) is 11.3 Å². The first-order valence-corrected chi connectivity index (χ1v) is 8.77. The highest BCUT2D eigenvalue weighted by Gasteiger charge is 2.14. The summed E-state index contributed by atoms with van der Waals surface area (Å²) in [6.07, 6.45) is 1.38. The maximum Gasteiger partial charge on any atom is 0.266 e. The summed E-state index contributed by atoms with van der Waals surface area (Å²) in [6.45, 7) is 1.82. The number of carbonyl (C=O) groups excluding carboxylic acids is 1. The molecule has 3 rings (SSSR count). The van der Waals surface area contributed by atoms with E-state index in [-0.39, 0.29) is 5.57 Å². The third kappa shape index (κ3) is 4.40. The molecule has 1 heterocycles. The second-order valence-electron chi connectivity index (χ2n) is 5.77. The van der Waals surface area contributed by atoms with Crippen LogP contribution >= 0.6 is 23.2 Å². The Morgan fingerprint density at radius 1 is 1.15 bits per heavy atom. The molecule has 0 spiro atoms. The zero-order valence-corrected chi connectivity index (χ0v) is 15.8. The number of benzene rings is 2. The number of furan rings is 1. The number of hydrogen-bond donors (Lipinski definition) is 1. The quantitative estimate of drug-likeness (QED) is 0.427. The maximum atomic E-state index is 12.5. The predicted octanol–water partition coefficient (Wildman–Crippen LogP) is 6.11. The summed E-state index contributed by atoms with van der Waals surface area (Å²) in [6, 6.07) is 17.8. The highest BCUT2D eigenvalue weighted by atomic mass is 35.5. The van der Waals surface area contributed by atoms with Crippen LogP contribution in [-0.4, -0.2) is 5.91 Å². The van der Waals surface area contributed by atoms with Crippen LogP contribution in [0.3, 0.4) is 0 Å². The molecule has 6 heteroatoms. The Bertz CT molecular complexity index is 1060. The van der Waals surface area contributed by atoms with Gasteiger partial charge in [0.15, 0.2) is 0 Å². The smallest absolute Gasteiger partial charge is 0.266 e. The van der Waals surface area contributed by atoms with Crippen molar-refractivity contribution >= 4 is 40.9 Å². The lowest BCUT2D eigenvalue weighted by molar-refractivity contribution is -0.112. The van der Waals surface area contributed by atoms with E-state index in [0.29, 0.717) is 27.3 Å². The monoisotopic (exact) mass is 396 g/mol. The Morgan fingerprint density at radius 3 is 2.63 bits per heavy atom. The van der Waals surface area contributed by atoms with Crippen LogP contribution in [0.5, 0.6) is 0 Å². The number of anilines is 1. The Kier molecular flexibility index (Phi) is 5.66. The van der Waals surface area contributed by atoms with Crippen molar-refractivity contribution < 1.29 is 9.21 Å². The first-order chi connectivity index (χ1) is 13.0. The van der Waals surface area contributed by atoms with E-state index in [1.807, 2.05) is 31.2 Å². The van der Waals surface area contributed by atoms with E-state index >= 15 is 0 Å². The molecule has 3 aromatic rings. The van der Waals surface area contributed by atoms with Crippen molar-refractivity contribution in [2.45, 2.75) is 6.92 Å². The summed E-state index contributed by atoms with van der Waals surface area (Å²) < 4.78 is 5.71. The molecule has 0 unspecified atom stereocenters. The van der Waals surface area contributed by atoms with Crippen molar-refractivity contribution in [3.05, 3.63) is 81.5 Å². The van der Waals surface area contributed by atoms with Gasteiger partial charge in [-0.05, 0) is 42.8 Å². The molecular weight excluding hydrogens is 383 g/mol. The summed E-state index contributed by atoms with van der Waals surface area (Å²) >= 11 is 12.1. The summed E-state index contributed by atoms with van der Waals surface area (Å²) in [7, 11) is 0. The summed E-state index contributed by atoms with van der Waals surface area (Å²) in [4.78, 5) is 12.5. The van der Waals surface area contributed by atoms with Crippen molar-refractivity contribution in [1.82, 2.24) is 0 Å². The highest BCUT2D eigenvalue weighted by Crippen LogP contribution is 2.27. The first kappa shape index (κ1) is 18.8. The topological polar surface area (TPSA) is 66.0 Å². The number of nitrogens with zero attached hydrogens (tertiary/aromatic N) is 1. The Morgan fingerprint density at radius 2 is 1.93 bits per heavy atom. The minimum Gasteiger partial charge on any atom is -0.457 e. The van der Waals surface area contributed by atoms with Gasteiger partial charge in [0.2, 0.25) is 0 Å². The molecular formula is C21H14Cl2N2O2. The average Bonchev–Trinajstić information content (AvgIpc) is 3.11. The maximum absolute atomic E-state index is 12.5. The largest absolute Gasteiger partial charge is 0.457 e. The van der Waals surface area contributed by atoms with Gasteiger partial charge in [-0.1, -0.05) is 47.5 Å². The van der Waals surface area contributed by atoms with E-state index in [1.54, 1.807) is 36.4 Å². The van der Waals surface area contributed by atoms with Gasteiger partial charge in [-0.25, -0.2) is 0 Å². The molecule has 2 aromatic carbocycles. The molecule has 0 atom stereocenters. The number of halogens is 2. The lowest BCUT2D eigenvalue weighted by Gasteiger charge is -2.09. The van der Waals surface area contributed by atoms with E-state index in [1.165, 1.54) is 6.08 Å². The van der Waals surface area contributed by atoms with Crippen LogP contribution in [0.15, 0.2) is 64.6 Å². The molecule has 134 valence electrons. The number of amides is 1. The molecule has 1 N–H and O–H groups in total. The van der Waals surface area contributed by atoms with Gasteiger partial charge in [0.1, 0.15) is 23.2 Å². The number of aryl methyl sites for hydroxylation is 1. The molecule has 0 bridgehead atoms. The van der Waals surface area contributed by atoms with Crippen LogP contribution in [0.25, 0.3) is 17.4 Å². The zero-order chi connectivity index (χ0) is 19.4. The van der Waals surface area contributed by atoms with Crippen molar-refractivity contribution in [1.29, 1.82) is 5.26 Å². The number of hydrogen-bond acceptors (Lipinski definition) is 3. The van der Waals surface area contributed by atoms with E-state index < -0.39 is 5.91 Å². The van der Waals surface area contributed by atoms with E-state index in [2.05, 4.69) is 5.32 Å². The molecule has 0 fully saturated rings. The lowest BCUT2D eigenvalue weighted by Crippen LogP contribution is -2.14. The number of para-hydroxylation sites is 1. The van der Waals surface area contributed by atoms with Gasteiger partial charge in [-0.3, -0.25) is 4.79 Å². The summed E-state index contributed by atoms with van der Waals surface area (Å²) in [5, 5.41) is 13.0. The Hall–Kier alpha value is -3.00. The summed E-state index contributed by atoms with van der Waals surface area (Å²) in [5.74, 6) is 0.408. The van der Waals surface area contributed by atoms with Crippen molar-refractivity contribution in [3.63, 3.8) is 0 Å². The van der Waals surface area contributed by atoms with Crippen LogP contribution in [0, 0.1) is 18.3 Å². The van der Waals surface area contributed by atoms with E-state index in [4.69, 9.17) is 27.6 Å². The Labute approximate surface area is 166 Å². The first-order valence-electron chi connectivity index (χ1n) is 8.02. The normalized spacial score (nSPS) is 11.1. The average molecular weight is 397 g/mol. The minimum absolute atomic E-state index is 0.0960. The predicted molar refractivity (Wildman–Crippen MR) is 108 cm³/mol. The van der Waals surface area contributed by atoms with Crippen molar-refractivity contribution in [3.8, 4) is 17.4 Å². The lowest BCUT2D eigenvalue weighted by atomic mass is 10.1. The molecule has 1 aromatic heterocycles. The highest BCUT2D eigenvalue weighted by molar-refractivity contribution is 6.34. The van der Waals surface area contributed by atoms with Gasteiger partial charge in [0.05, 0.1) is 10.7 Å². The number of carbonyl (C=O) groups is 1. The molecule has 0 aliphatic carbocycles.